The molecule has 1 saturated carbocycles. The van der Waals surface area contributed by atoms with E-state index < -0.39 is 0 Å². The minimum atomic E-state index is -0.0182. The molecule has 0 aromatic heterocycles. The second kappa shape index (κ2) is 7.39. The Morgan fingerprint density at radius 1 is 1.15 bits per heavy atom. The van der Waals surface area contributed by atoms with Crippen LogP contribution in [0, 0.1) is 5.92 Å². The maximum atomic E-state index is 12.0. The van der Waals surface area contributed by atoms with Crippen LogP contribution in [0.5, 0.6) is 0 Å². The normalized spacial score (nSPS) is 15.8. The van der Waals surface area contributed by atoms with Crippen molar-refractivity contribution in [1.29, 1.82) is 0 Å². The predicted molar refractivity (Wildman–Crippen MR) is 85.9 cm³/mol. The molecule has 3 N–H and O–H groups in total. The van der Waals surface area contributed by atoms with Gasteiger partial charge in [-0.25, -0.2) is 0 Å². The van der Waals surface area contributed by atoms with Crippen LogP contribution >= 0.6 is 12.2 Å². The van der Waals surface area contributed by atoms with Gasteiger partial charge in [0.15, 0.2) is 0 Å². The second-order valence-corrected chi connectivity index (χ2v) is 5.93. The van der Waals surface area contributed by atoms with Crippen molar-refractivity contribution < 1.29 is 4.79 Å². The van der Waals surface area contributed by atoms with Gasteiger partial charge in [0.2, 0.25) is 0 Å². The van der Waals surface area contributed by atoms with E-state index in [-0.39, 0.29) is 5.91 Å². The third kappa shape index (κ3) is 4.30. The van der Waals surface area contributed by atoms with E-state index in [0.717, 1.165) is 24.4 Å². The molecule has 0 radical (unpaired) electrons. The molecule has 2 rings (SSSR count). The van der Waals surface area contributed by atoms with Crippen molar-refractivity contribution in [2.75, 3.05) is 6.54 Å². The second-order valence-electron chi connectivity index (χ2n) is 5.49. The third-order valence-electron chi connectivity index (χ3n) is 3.99. The van der Waals surface area contributed by atoms with E-state index in [1.807, 2.05) is 0 Å². The molecule has 0 bridgehead atoms. The van der Waals surface area contributed by atoms with E-state index in [1.54, 1.807) is 24.3 Å². The molecule has 0 spiro atoms. The molecular formula is C16H22N2OS. The molecule has 0 atom stereocenters. The van der Waals surface area contributed by atoms with Crippen LogP contribution in [0.15, 0.2) is 24.3 Å². The lowest BCUT2D eigenvalue weighted by Crippen LogP contribution is -2.26. The summed E-state index contributed by atoms with van der Waals surface area (Å²) >= 11 is 4.89. The number of nitrogens with two attached hydrogens (primary N) is 1. The van der Waals surface area contributed by atoms with Crippen LogP contribution in [0.1, 0.15) is 54.4 Å². The first-order chi connectivity index (χ1) is 9.66. The van der Waals surface area contributed by atoms with Gasteiger partial charge in [-0.15, -0.1) is 0 Å². The van der Waals surface area contributed by atoms with Crippen LogP contribution in [0.2, 0.25) is 0 Å². The van der Waals surface area contributed by atoms with Gasteiger partial charge in [0.05, 0.1) is 0 Å². The fourth-order valence-electron chi connectivity index (χ4n) is 2.75. The van der Waals surface area contributed by atoms with E-state index in [4.69, 9.17) is 18.0 Å². The molecule has 0 heterocycles. The minimum Gasteiger partial charge on any atom is -0.389 e. The summed E-state index contributed by atoms with van der Waals surface area (Å²) < 4.78 is 0. The molecule has 108 valence electrons. The molecule has 4 heteroatoms. The summed E-state index contributed by atoms with van der Waals surface area (Å²) in [7, 11) is 0. The average Bonchev–Trinajstić information content (AvgIpc) is 2.48. The third-order valence-corrected chi connectivity index (χ3v) is 4.23. The Bertz CT molecular complexity index is 464. The highest BCUT2D eigenvalue weighted by Crippen LogP contribution is 2.25. The molecular weight excluding hydrogens is 268 g/mol. The van der Waals surface area contributed by atoms with Gasteiger partial charge in [-0.3, -0.25) is 4.79 Å². The lowest BCUT2D eigenvalue weighted by atomic mass is 9.87. The highest BCUT2D eigenvalue weighted by Gasteiger charge is 2.13. The Labute approximate surface area is 125 Å². The Morgan fingerprint density at radius 2 is 1.75 bits per heavy atom. The van der Waals surface area contributed by atoms with Gasteiger partial charge in [-0.1, -0.05) is 56.5 Å². The number of carbonyl (C=O) groups excluding carboxylic acids is 1. The number of nitrogens with one attached hydrogen (secondary N) is 1. The van der Waals surface area contributed by atoms with Crippen LogP contribution in [0.25, 0.3) is 0 Å². The van der Waals surface area contributed by atoms with Crippen molar-refractivity contribution in [3.8, 4) is 0 Å². The van der Waals surface area contributed by atoms with Crippen LogP contribution < -0.4 is 11.1 Å². The van der Waals surface area contributed by atoms with Crippen molar-refractivity contribution in [1.82, 2.24) is 5.32 Å². The number of rotatable bonds is 5. The molecule has 0 aliphatic heterocycles. The van der Waals surface area contributed by atoms with Crippen molar-refractivity contribution >= 4 is 23.1 Å². The number of benzene rings is 1. The van der Waals surface area contributed by atoms with E-state index in [2.05, 4.69) is 5.32 Å². The van der Waals surface area contributed by atoms with Gasteiger partial charge in [-0.05, 0) is 24.5 Å². The number of carbonyl (C=O) groups is 1. The summed E-state index contributed by atoms with van der Waals surface area (Å²) in [4.78, 5) is 12.3. The SMILES string of the molecule is NC(=S)c1ccc(C(=O)NCCC2CCCCC2)cc1. The van der Waals surface area contributed by atoms with Gasteiger partial charge in [0.1, 0.15) is 4.99 Å². The summed E-state index contributed by atoms with van der Waals surface area (Å²) in [5.74, 6) is 0.774. The molecule has 1 aliphatic rings. The molecule has 1 aromatic carbocycles. The molecule has 0 saturated heterocycles. The van der Waals surface area contributed by atoms with Gasteiger partial charge in [-0.2, -0.15) is 0 Å². The molecule has 0 unspecified atom stereocenters. The Hall–Kier alpha value is -1.42. The van der Waals surface area contributed by atoms with E-state index >= 15 is 0 Å². The highest BCUT2D eigenvalue weighted by molar-refractivity contribution is 7.80. The smallest absolute Gasteiger partial charge is 0.251 e. The number of hydrogen-bond donors (Lipinski definition) is 2. The van der Waals surface area contributed by atoms with Gasteiger partial charge >= 0.3 is 0 Å². The Kier molecular flexibility index (Phi) is 5.53. The molecule has 1 aromatic rings. The van der Waals surface area contributed by atoms with Crippen molar-refractivity contribution in [3.05, 3.63) is 35.4 Å². The van der Waals surface area contributed by atoms with Crippen LogP contribution in [-0.2, 0) is 0 Å². The molecule has 3 nitrogen and oxygen atoms in total. The Balaban J connectivity index is 1.77. The number of thiocarbonyl (C=S) groups is 1. The fraction of sp³-hybridized carbons (Fsp3) is 0.500. The Morgan fingerprint density at radius 3 is 2.35 bits per heavy atom. The fourth-order valence-corrected chi connectivity index (χ4v) is 2.89. The van der Waals surface area contributed by atoms with Crippen LogP contribution in [0.3, 0.4) is 0 Å². The first-order valence-corrected chi connectivity index (χ1v) is 7.75. The van der Waals surface area contributed by atoms with Crippen LogP contribution in [0.4, 0.5) is 0 Å². The van der Waals surface area contributed by atoms with Crippen LogP contribution in [-0.4, -0.2) is 17.4 Å². The lowest BCUT2D eigenvalue weighted by molar-refractivity contribution is 0.0950. The van der Waals surface area contributed by atoms with E-state index in [1.165, 1.54) is 32.1 Å². The first kappa shape index (κ1) is 15.0. The number of hydrogen-bond acceptors (Lipinski definition) is 2. The van der Waals surface area contributed by atoms with E-state index in [9.17, 15) is 4.79 Å². The highest BCUT2D eigenvalue weighted by atomic mass is 32.1. The van der Waals surface area contributed by atoms with Gasteiger partial charge in [0, 0.05) is 17.7 Å². The molecule has 20 heavy (non-hydrogen) atoms. The summed E-state index contributed by atoms with van der Waals surface area (Å²) in [5.41, 5.74) is 6.98. The molecule has 1 aliphatic carbocycles. The molecule has 1 amide bonds. The summed E-state index contributed by atoms with van der Waals surface area (Å²) in [6, 6.07) is 7.12. The maximum absolute atomic E-state index is 12.0. The average molecular weight is 290 g/mol. The van der Waals surface area contributed by atoms with E-state index in [0.29, 0.717) is 10.6 Å². The lowest BCUT2D eigenvalue weighted by Gasteiger charge is -2.21. The molecule has 1 fully saturated rings. The van der Waals surface area contributed by atoms with Gasteiger partial charge < -0.3 is 11.1 Å². The number of amides is 1. The topological polar surface area (TPSA) is 55.1 Å². The zero-order chi connectivity index (χ0) is 14.4. The summed E-state index contributed by atoms with van der Waals surface area (Å²) in [5, 5.41) is 2.99. The van der Waals surface area contributed by atoms with Gasteiger partial charge in [0.25, 0.3) is 5.91 Å². The standard InChI is InChI=1S/C16H22N2OS/c17-15(20)13-6-8-14(9-7-13)16(19)18-11-10-12-4-2-1-3-5-12/h6-9,12H,1-5,10-11H2,(H2,17,20)(H,18,19). The summed E-state index contributed by atoms with van der Waals surface area (Å²) in [6.07, 6.45) is 7.80. The monoisotopic (exact) mass is 290 g/mol. The zero-order valence-electron chi connectivity index (χ0n) is 11.7. The first-order valence-electron chi connectivity index (χ1n) is 7.35. The van der Waals surface area contributed by atoms with Crippen molar-refractivity contribution in [3.63, 3.8) is 0 Å². The minimum absolute atomic E-state index is 0.0182. The van der Waals surface area contributed by atoms with Crippen molar-refractivity contribution in [2.45, 2.75) is 38.5 Å². The maximum Gasteiger partial charge on any atom is 0.251 e. The largest absolute Gasteiger partial charge is 0.389 e. The zero-order valence-corrected chi connectivity index (χ0v) is 12.5. The quantitative estimate of drug-likeness (QED) is 0.820. The predicted octanol–water partition coefficient (Wildman–Crippen LogP) is 3.02. The van der Waals surface area contributed by atoms with Crippen molar-refractivity contribution in [2.24, 2.45) is 11.7 Å². The summed E-state index contributed by atoms with van der Waals surface area (Å²) in [6.45, 7) is 0.764.